The summed E-state index contributed by atoms with van der Waals surface area (Å²) in [5.41, 5.74) is 0. The topological polar surface area (TPSA) is 44.6 Å². The lowest BCUT2D eigenvalue weighted by Crippen LogP contribution is -2.61. The van der Waals surface area contributed by atoms with E-state index in [1.54, 1.807) is 6.20 Å². The summed E-state index contributed by atoms with van der Waals surface area (Å²) in [6.45, 7) is 8.61. The highest BCUT2D eigenvalue weighted by atomic mass is 16.2. The Labute approximate surface area is 144 Å². The fourth-order valence-corrected chi connectivity index (χ4v) is 4.63. The molecule has 6 heteroatoms. The van der Waals surface area contributed by atoms with Crippen molar-refractivity contribution in [2.75, 3.05) is 45.8 Å². The van der Waals surface area contributed by atoms with Crippen LogP contribution >= 0.6 is 0 Å². The summed E-state index contributed by atoms with van der Waals surface area (Å²) < 4.78 is 1.90. The average molecular weight is 331 g/mol. The number of nitrogens with zero attached hydrogens (tertiary/aromatic N) is 5. The zero-order chi connectivity index (χ0) is 16.4. The van der Waals surface area contributed by atoms with Crippen LogP contribution in [0.4, 0.5) is 0 Å². The number of hydrogen-bond donors (Lipinski definition) is 0. The van der Waals surface area contributed by atoms with Crippen molar-refractivity contribution < 1.29 is 4.79 Å². The van der Waals surface area contributed by atoms with Crippen molar-refractivity contribution in [3.05, 3.63) is 18.5 Å². The molecule has 0 saturated carbocycles. The second-order valence-electron chi connectivity index (χ2n) is 7.49. The van der Waals surface area contributed by atoms with Crippen LogP contribution in [0.1, 0.15) is 25.7 Å². The molecule has 5 rings (SSSR count). The Balaban J connectivity index is 1.20. The molecular weight excluding hydrogens is 302 g/mol. The van der Waals surface area contributed by atoms with Crippen LogP contribution in [-0.2, 0) is 11.3 Å². The van der Waals surface area contributed by atoms with Gasteiger partial charge in [-0.2, -0.15) is 5.10 Å². The van der Waals surface area contributed by atoms with E-state index >= 15 is 0 Å². The Morgan fingerprint density at radius 2 is 1.88 bits per heavy atom. The summed E-state index contributed by atoms with van der Waals surface area (Å²) in [4.78, 5) is 19.8. The molecule has 4 fully saturated rings. The van der Waals surface area contributed by atoms with Gasteiger partial charge in [-0.25, -0.2) is 0 Å². The van der Waals surface area contributed by atoms with Crippen molar-refractivity contribution in [1.82, 2.24) is 24.5 Å². The van der Waals surface area contributed by atoms with Gasteiger partial charge in [0.15, 0.2) is 0 Å². The SMILES string of the molecule is O=C(CCCn1cccn1)N1CCN([C@@H]2CN3CCC2CC3)CC1. The maximum Gasteiger partial charge on any atom is 0.222 e. The van der Waals surface area contributed by atoms with Crippen molar-refractivity contribution in [3.8, 4) is 0 Å². The number of rotatable bonds is 5. The third-order valence-corrected chi connectivity index (χ3v) is 6.09. The zero-order valence-corrected chi connectivity index (χ0v) is 14.5. The smallest absolute Gasteiger partial charge is 0.222 e. The molecule has 0 spiro atoms. The first kappa shape index (κ1) is 16.1. The number of hydrogen-bond acceptors (Lipinski definition) is 4. The maximum atomic E-state index is 12.4. The predicted molar refractivity (Wildman–Crippen MR) is 92.6 cm³/mol. The van der Waals surface area contributed by atoms with E-state index in [4.69, 9.17) is 0 Å². The Bertz CT molecular complexity index is 530. The lowest BCUT2D eigenvalue weighted by atomic mass is 9.83. The first-order valence-corrected chi connectivity index (χ1v) is 9.51. The number of fused-ring (bicyclic) bond motifs is 3. The number of aromatic nitrogens is 2. The highest BCUT2D eigenvalue weighted by molar-refractivity contribution is 5.76. The fraction of sp³-hybridized carbons (Fsp3) is 0.778. The van der Waals surface area contributed by atoms with Gasteiger partial charge in [-0.1, -0.05) is 0 Å². The van der Waals surface area contributed by atoms with Gasteiger partial charge in [0.2, 0.25) is 5.91 Å². The van der Waals surface area contributed by atoms with Gasteiger partial charge in [-0.3, -0.25) is 14.4 Å². The third kappa shape index (κ3) is 3.49. The second kappa shape index (κ2) is 7.23. The van der Waals surface area contributed by atoms with Crippen LogP contribution in [-0.4, -0.2) is 82.2 Å². The summed E-state index contributed by atoms with van der Waals surface area (Å²) in [5.74, 6) is 1.21. The molecule has 4 saturated heterocycles. The lowest BCUT2D eigenvalue weighted by Gasteiger charge is -2.51. The largest absolute Gasteiger partial charge is 0.340 e. The van der Waals surface area contributed by atoms with Crippen molar-refractivity contribution in [2.24, 2.45) is 5.92 Å². The van der Waals surface area contributed by atoms with Gasteiger partial charge >= 0.3 is 0 Å². The van der Waals surface area contributed by atoms with Gasteiger partial charge in [-0.05, 0) is 44.3 Å². The van der Waals surface area contributed by atoms with E-state index in [1.807, 2.05) is 16.9 Å². The Morgan fingerprint density at radius 3 is 2.50 bits per heavy atom. The van der Waals surface area contributed by atoms with Crippen molar-refractivity contribution in [1.29, 1.82) is 0 Å². The number of piperidine rings is 3. The summed E-state index contributed by atoms with van der Waals surface area (Å²) in [6.07, 6.45) is 8.00. The molecule has 1 atom stereocenters. The maximum absolute atomic E-state index is 12.4. The molecule has 0 unspecified atom stereocenters. The highest BCUT2D eigenvalue weighted by Crippen LogP contribution is 2.31. The molecule has 0 N–H and O–H groups in total. The number of aryl methyl sites for hydroxylation is 1. The van der Waals surface area contributed by atoms with Gasteiger partial charge in [0.05, 0.1) is 0 Å². The molecule has 4 aliphatic rings. The molecule has 1 aromatic rings. The normalized spacial score (nSPS) is 30.7. The molecule has 24 heavy (non-hydrogen) atoms. The first-order valence-electron chi connectivity index (χ1n) is 9.51. The standard InChI is InChI=1S/C18H29N5O/c24-18(3-1-7-23-8-2-6-19-23)22-13-11-21(12-14-22)17-15-20-9-4-16(17)5-10-20/h2,6,8,16-17H,1,3-5,7,9-15H2/t17-/m1/s1. The van der Waals surface area contributed by atoms with Crippen LogP contribution < -0.4 is 0 Å². The summed E-state index contributed by atoms with van der Waals surface area (Å²) >= 11 is 0. The highest BCUT2D eigenvalue weighted by Gasteiger charge is 2.38. The van der Waals surface area contributed by atoms with E-state index in [9.17, 15) is 4.79 Å². The second-order valence-corrected chi connectivity index (χ2v) is 7.49. The Hall–Kier alpha value is -1.40. The molecule has 0 aromatic carbocycles. The third-order valence-electron chi connectivity index (χ3n) is 6.09. The molecule has 4 aliphatic heterocycles. The molecule has 1 aromatic heterocycles. The minimum Gasteiger partial charge on any atom is -0.340 e. The van der Waals surface area contributed by atoms with E-state index in [0.717, 1.165) is 51.1 Å². The number of carbonyl (C=O) groups is 1. The summed E-state index contributed by atoms with van der Waals surface area (Å²) in [6, 6.07) is 2.67. The minimum absolute atomic E-state index is 0.315. The average Bonchev–Trinajstić information content (AvgIpc) is 3.16. The summed E-state index contributed by atoms with van der Waals surface area (Å²) in [5, 5.41) is 4.19. The monoisotopic (exact) mass is 331 g/mol. The molecule has 2 bridgehead atoms. The van der Waals surface area contributed by atoms with E-state index in [2.05, 4.69) is 19.8 Å². The van der Waals surface area contributed by atoms with E-state index in [-0.39, 0.29) is 0 Å². The Morgan fingerprint density at radius 1 is 1.08 bits per heavy atom. The fourth-order valence-electron chi connectivity index (χ4n) is 4.63. The predicted octanol–water partition coefficient (Wildman–Crippen LogP) is 0.902. The van der Waals surface area contributed by atoms with Crippen LogP contribution in [0.5, 0.6) is 0 Å². The molecule has 132 valence electrons. The van der Waals surface area contributed by atoms with Gasteiger partial charge in [-0.15, -0.1) is 0 Å². The lowest BCUT2D eigenvalue weighted by molar-refractivity contribution is -0.134. The van der Waals surface area contributed by atoms with Crippen LogP contribution in [0.25, 0.3) is 0 Å². The molecule has 6 nitrogen and oxygen atoms in total. The van der Waals surface area contributed by atoms with Crippen molar-refractivity contribution in [2.45, 2.75) is 38.3 Å². The van der Waals surface area contributed by atoms with E-state index in [0.29, 0.717) is 12.3 Å². The molecule has 5 heterocycles. The molecule has 1 amide bonds. The van der Waals surface area contributed by atoms with Crippen LogP contribution in [0.2, 0.25) is 0 Å². The number of amides is 1. The minimum atomic E-state index is 0.315. The molecule has 0 radical (unpaired) electrons. The zero-order valence-electron chi connectivity index (χ0n) is 14.5. The van der Waals surface area contributed by atoms with Crippen LogP contribution in [0.3, 0.4) is 0 Å². The van der Waals surface area contributed by atoms with E-state index in [1.165, 1.54) is 32.5 Å². The molecular formula is C18H29N5O. The van der Waals surface area contributed by atoms with Crippen LogP contribution in [0.15, 0.2) is 18.5 Å². The Kier molecular flexibility index (Phi) is 4.85. The van der Waals surface area contributed by atoms with Gasteiger partial charge in [0.1, 0.15) is 0 Å². The van der Waals surface area contributed by atoms with Gasteiger partial charge in [0.25, 0.3) is 0 Å². The van der Waals surface area contributed by atoms with Crippen molar-refractivity contribution in [3.63, 3.8) is 0 Å². The summed E-state index contributed by atoms with van der Waals surface area (Å²) in [7, 11) is 0. The van der Waals surface area contributed by atoms with Gasteiger partial charge < -0.3 is 9.80 Å². The van der Waals surface area contributed by atoms with Crippen LogP contribution in [0, 0.1) is 5.92 Å². The number of carbonyl (C=O) groups excluding carboxylic acids is 1. The van der Waals surface area contributed by atoms with E-state index < -0.39 is 0 Å². The van der Waals surface area contributed by atoms with Gasteiger partial charge in [0, 0.05) is 64.1 Å². The number of piperazine rings is 1. The first-order chi connectivity index (χ1) is 11.8. The van der Waals surface area contributed by atoms with Crippen molar-refractivity contribution >= 4 is 5.91 Å². The molecule has 0 aliphatic carbocycles. The quantitative estimate of drug-likeness (QED) is 0.804.